The molecule has 2 saturated heterocycles. The molecular formula is C23H34ClN3O5S. The van der Waals surface area contributed by atoms with E-state index in [0.717, 1.165) is 45.7 Å². The highest BCUT2D eigenvalue weighted by molar-refractivity contribution is 7.17. The quantitative estimate of drug-likeness (QED) is 0.547. The first-order valence-corrected chi connectivity index (χ1v) is 13.0. The number of halogens is 1. The SMILES string of the molecule is COC[C@H]1C(=O)N(C[C@H]2CC[C@@H](N3CCOCC3)CC2)CCN1C(=O)COc1ccc(Cl)s1. The average Bonchev–Trinajstić information content (AvgIpc) is 3.26. The van der Waals surface area contributed by atoms with E-state index in [-0.39, 0.29) is 25.0 Å². The monoisotopic (exact) mass is 499 g/mol. The predicted octanol–water partition coefficient (Wildman–Crippen LogP) is 2.36. The minimum Gasteiger partial charge on any atom is -0.474 e. The topological polar surface area (TPSA) is 71.6 Å². The molecule has 0 radical (unpaired) electrons. The number of carbonyl (C=O) groups excluding carboxylic acids is 2. The van der Waals surface area contributed by atoms with E-state index in [2.05, 4.69) is 4.90 Å². The van der Waals surface area contributed by atoms with Crippen molar-refractivity contribution in [1.29, 1.82) is 0 Å². The maximum absolute atomic E-state index is 13.3. The van der Waals surface area contributed by atoms with Gasteiger partial charge in [-0.3, -0.25) is 14.5 Å². The third kappa shape index (κ3) is 6.39. The first-order valence-electron chi connectivity index (χ1n) is 11.8. The fourth-order valence-corrected chi connectivity index (χ4v) is 6.05. The highest BCUT2D eigenvalue weighted by Gasteiger charge is 2.39. The molecule has 2 amide bonds. The van der Waals surface area contributed by atoms with Gasteiger partial charge in [0.25, 0.3) is 5.91 Å². The number of hydrogen-bond acceptors (Lipinski definition) is 7. The molecule has 184 valence electrons. The fraction of sp³-hybridized carbons (Fsp3) is 0.739. The van der Waals surface area contributed by atoms with Crippen molar-refractivity contribution in [3.8, 4) is 5.06 Å². The Bertz CT molecular complexity index is 795. The summed E-state index contributed by atoms with van der Waals surface area (Å²) in [6, 6.07) is 3.52. The molecule has 4 rings (SSSR count). The van der Waals surface area contributed by atoms with Gasteiger partial charge in [-0.05, 0) is 43.7 Å². The van der Waals surface area contributed by atoms with E-state index in [1.54, 1.807) is 24.1 Å². The van der Waals surface area contributed by atoms with Crippen LogP contribution in [0.25, 0.3) is 0 Å². The Morgan fingerprint density at radius 3 is 2.58 bits per heavy atom. The standard InChI is InChI=1S/C23H34ClN3O5S/c1-30-15-19-23(29)26(8-9-27(19)21(28)16-32-22-7-6-20(24)33-22)14-17-2-4-18(5-3-17)25-10-12-31-13-11-25/h6-7,17-19H,2-5,8-16H2,1H3/t17-,18+,19-/m0/s1. The highest BCUT2D eigenvalue weighted by Crippen LogP contribution is 2.30. The zero-order valence-corrected chi connectivity index (χ0v) is 20.8. The Kier molecular flexibility index (Phi) is 8.87. The molecule has 1 aliphatic carbocycles. The van der Waals surface area contributed by atoms with Crippen LogP contribution in [0, 0.1) is 5.92 Å². The van der Waals surface area contributed by atoms with Gasteiger partial charge in [0.05, 0.1) is 24.2 Å². The second kappa shape index (κ2) is 11.8. The lowest BCUT2D eigenvalue weighted by Gasteiger charge is -2.43. The fourth-order valence-electron chi connectivity index (χ4n) is 5.18. The van der Waals surface area contributed by atoms with Crippen LogP contribution in [0.3, 0.4) is 0 Å². The number of ether oxygens (including phenoxy) is 3. The van der Waals surface area contributed by atoms with Gasteiger partial charge < -0.3 is 24.0 Å². The van der Waals surface area contributed by atoms with Crippen molar-refractivity contribution < 1.29 is 23.8 Å². The van der Waals surface area contributed by atoms with E-state index >= 15 is 0 Å². The molecule has 1 aromatic heterocycles. The predicted molar refractivity (Wildman–Crippen MR) is 127 cm³/mol. The Morgan fingerprint density at radius 2 is 1.91 bits per heavy atom. The van der Waals surface area contributed by atoms with E-state index in [4.69, 9.17) is 25.8 Å². The number of piperazine rings is 1. The highest BCUT2D eigenvalue weighted by atomic mass is 35.5. The first kappa shape index (κ1) is 24.7. The summed E-state index contributed by atoms with van der Waals surface area (Å²) in [4.78, 5) is 32.2. The van der Waals surface area contributed by atoms with Gasteiger partial charge in [-0.15, -0.1) is 0 Å². The largest absolute Gasteiger partial charge is 0.474 e. The zero-order chi connectivity index (χ0) is 23.2. The molecule has 0 spiro atoms. The van der Waals surface area contributed by atoms with Crippen LogP contribution in [0.4, 0.5) is 0 Å². The smallest absolute Gasteiger partial charge is 0.261 e. The number of morpholine rings is 1. The summed E-state index contributed by atoms with van der Waals surface area (Å²) in [6.45, 7) is 5.63. The molecule has 0 unspecified atom stereocenters. The summed E-state index contributed by atoms with van der Waals surface area (Å²) in [7, 11) is 1.56. The number of rotatable bonds is 8. The van der Waals surface area contributed by atoms with Crippen LogP contribution >= 0.6 is 22.9 Å². The van der Waals surface area contributed by atoms with E-state index in [0.29, 0.717) is 34.4 Å². The molecular weight excluding hydrogens is 466 g/mol. The van der Waals surface area contributed by atoms with Gasteiger partial charge in [0.2, 0.25) is 5.91 Å². The van der Waals surface area contributed by atoms with Gasteiger partial charge in [0.15, 0.2) is 11.7 Å². The Labute approximate surface area is 204 Å². The second-order valence-electron chi connectivity index (χ2n) is 9.01. The lowest BCUT2D eigenvalue weighted by molar-refractivity contribution is -0.155. The normalized spacial score (nSPS) is 27.1. The average molecular weight is 500 g/mol. The number of thiophene rings is 1. The van der Waals surface area contributed by atoms with Crippen molar-refractivity contribution in [1.82, 2.24) is 14.7 Å². The minimum absolute atomic E-state index is 0.0223. The Hall–Kier alpha value is -1.39. The van der Waals surface area contributed by atoms with Crippen LogP contribution in [0.1, 0.15) is 25.7 Å². The molecule has 0 aromatic carbocycles. The molecule has 2 aliphatic heterocycles. The molecule has 3 aliphatic rings. The maximum Gasteiger partial charge on any atom is 0.261 e. The van der Waals surface area contributed by atoms with Crippen molar-refractivity contribution >= 4 is 34.8 Å². The summed E-state index contributed by atoms with van der Waals surface area (Å²) in [5.74, 6) is 0.287. The first-order chi connectivity index (χ1) is 16.0. The van der Waals surface area contributed by atoms with Crippen LogP contribution in [0.15, 0.2) is 12.1 Å². The molecule has 3 fully saturated rings. The van der Waals surface area contributed by atoms with E-state index in [1.807, 2.05) is 4.90 Å². The van der Waals surface area contributed by atoms with Crippen LogP contribution in [-0.4, -0.2) is 105 Å². The Balaban J connectivity index is 1.27. The lowest BCUT2D eigenvalue weighted by atomic mass is 9.84. The van der Waals surface area contributed by atoms with E-state index in [9.17, 15) is 9.59 Å². The van der Waals surface area contributed by atoms with Crippen LogP contribution in [0.2, 0.25) is 4.34 Å². The third-order valence-electron chi connectivity index (χ3n) is 6.97. The van der Waals surface area contributed by atoms with Crippen molar-refractivity contribution in [3.63, 3.8) is 0 Å². The summed E-state index contributed by atoms with van der Waals surface area (Å²) in [6.07, 6.45) is 4.65. The van der Waals surface area contributed by atoms with Gasteiger partial charge in [0, 0.05) is 45.9 Å². The molecule has 33 heavy (non-hydrogen) atoms. The number of amides is 2. The van der Waals surface area contributed by atoms with E-state index in [1.165, 1.54) is 24.2 Å². The summed E-state index contributed by atoms with van der Waals surface area (Å²) < 4.78 is 17.0. The molecule has 1 aromatic rings. The van der Waals surface area contributed by atoms with Gasteiger partial charge in [-0.2, -0.15) is 0 Å². The maximum atomic E-state index is 13.3. The number of nitrogens with zero attached hydrogens (tertiary/aromatic N) is 3. The van der Waals surface area contributed by atoms with Crippen LogP contribution in [-0.2, 0) is 19.1 Å². The van der Waals surface area contributed by atoms with Crippen molar-refractivity contribution in [2.45, 2.75) is 37.8 Å². The summed E-state index contributed by atoms with van der Waals surface area (Å²) in [5, 5.41) is 0.592. The summed E-state index contributed by atoms with van der Waals surface area (Å²) in [5.41, 5.74) is 0. The van der Waals surface area contributed by atoms with Crippen LogP contribution < -0.4 is 4.74 Å². The van der Waals surface area contributed by atoms with Crippen molar-refractivity contribution in [2.75, 3.05) is 66.3 Å². The molecule has 10 heteroatoms. The van der Waals surface area contributed by atoms with Gasteiger partial charge >= 0.3 is 0 Å². The van der Waals surface area contributed by atoms with Gasteiger partial charge in [0.1, 0.15) is 6.04 Å². The molecule has 8 nitrogen and oxygen atoms in total. The molecule has 0 bridgehead atoms. The minimum atomic E-state index is -0.600. The molecule has 1 saturated carbocycles. The van der Waals surface area contributed by atoms with Crippen molar-refractivity contribution in [3.05, 3.63) is 16.5 Å². The van der Waals surface area contributed by atoms with Crippen molar-refractivity contribution in [2.24, 2.45) is 5.92 Å². The molecule has 1 atom stereocenters. The molecule has 0 N–H and O–H groups in total. The number of hydrogen-bond donors (Lipinski definition) is 0. The second-order valence-corrected chi connectivity index (χ2v) is 10.7. The van der Waals surface area contributed by atoms with E-state index < -0.39 is 6.04 Å². The van der Waals surface area contributed by atoms with Crippen LogP contribution in [0.5, 0.6) is 5.06 Å². The van der Waals surface area contributed by atoms with Gasteiger partial charge in [-0.1, -0.05) is 22.9 Å². The number of methoxy groups -OCH3 is 1. The van der Waals surface area contributed by atoms with Gasteiger partial charge in [-0.25, -0.2) is 0 Å². The molecule has 3 heterocycles. The lowest BCUT2D eigenvalue weighted by Crippen LogP contribution is -2.61. The summed E-state index contributed by atoms with van der Waals surface area (Å²) >= 11 is 7.20. The Morgan fingerprint density at radius 1 is 1.15 bits per heavy atom. The number of carbonyl (C=O) groups is 2. The third-order valence-corrected chi connectivity index (χ3v) is 8.12. The zero-order valence-electron chi connectivity index (χ0n) is 19.2.